The number of methoxy groups -OCH3 is 1. The summed E-state index contributed by atoms with van der Waals surface area (Å²) in [7, 11) is 1.21. The number of nitrogens with zero attached hydrogens (tertiary/aromatic N) is 2. The van der Waals surface area contributed by atoms with Crippen molar-refractivity contribution in [3.05, 3.63) is 122 Å². The van der Waals surface area contributed by atoms with Crippen LogP contribution in [0.25, 0.3) is 11.1 Å². The minimum absolute atomic E-state index is 0. The van der Waals surface area contributed by atoms with Crippen molar-refractivity contribution < 1.29 is 36.6 Å². The number of hydrogen-bond donors (Lipinski definition) is 2. The van der Waals surface area contributed by atoms with E-state index in [9.17, 15) is 31.9 Å². The molecule has 0 saturated carbocycles. The van der Waals surface area contributed by atoms with Crippen LogP contribution in [-0.2, 0) is 24.1 Å². The molecule has 14 heteroatoms. The molecule has 0 bridgehead atoms. The third-order valence-corrected chi connectivity index (χ3v) is 7.41. The van der Waals surface area contributed by atoms with Crippen LogP contribution in [0.5, 0.6) is 5.75 Å². The number of aromatic nitrogens is 2. The van der Waals surface area contributed by atoms with Crippen LogP contribution in [-0.4, -0.2) is 63.4 Å². The molecule has 240 valence electrons. The summed E-state index contributed by atoms with van der Waals surface area (Å²) in [6, 6.07) is 14.2. The summed E-state index contributed by atoms with van der Waals surface area (Å²) in [5.74, 6) is -3.39. The summed E-state index contributed by atoms with van der Waals surface area (Å²) in [5.41, 5.74) is -4.27. The molecule has 1 aromatic heterocycles. The van der Waals surface area contributed by atoms with E-state index in [1.165, 1.54) is 32.2 Å². The molecule has 0 fully saturated rings. The summed E-state index contributed by atoms with van der Waals surface area (Å²) < 4.78 is 78.8. The van der Waals surface area contributed by atoms with Crippen LogP contribution < -0.4 is 21.3 Å². The zero-order valence-electron chi connectivity index (χ0n) is 24.3. The van der Waals surface area contributed by atoms with Gasteiger partial charge in [-0.3, -0.25) is 18.7 Å². The fraction of sp³-hybridized carbons (Fsp3) is 0.281. The topological polar surface area (TPSA) is 103 Å². The van der Waals surface area contributed by atoms with Gasteiger partial charge in [0.05, 0.1) is 37.4 Å². The third kappa shape index (κ3) is 8.13. The van der Waals surface area contributed by atoms with E-state index in [0.29, 0.717) is 11.6 Å². The summed E-state index contributed by atoms with van der Waals surface area (Å²) >= 11 is 0. The molecule has 3 aromatic carbocycles. The quantitative estimate of drug-likeness (QED) is 0.128. The Morgan fingerprint density at radius 2 is 1.65 bits per heavy atom. The maximum absolute atomic E-state index is 15.6. The van der Waals surface area contributed by atoms with Crippen molar-refractivity contribution in [2.45, 2.75) is 45.1 Å². The first kappa shape index (κ1) is 36.7. The molecule has 8 nitrogen and oxygen atoms in total. The van der Waals surface area contributed by atoms with E-state index in [-0.39, 0.29) is 78.1 Å². The SMILES string of the molecule is COc1cccc(-c2c(C)n(Cc3c(F)cccc3C(F)(F)F)c(=O)n(C[C@H](NCCCC(=O)O)c3ccccc3)c2=O)c1F.[NaH]. The second kappa shape index (κ2) is 15.7. The van der Waals surface area contributed by atoms with E-state index in [1.54, 1.807) is 30.3 Å². The molecule has 0 amide bonds. The van der Waals surface area contributed by atoms with Gasteiger partial charge in [0, 0.05) is 23.2 Å². The van der Waals surface area contributed by atoms with Gasteiger partial charge in [0.2, 0.25) is 0 Å². The molecule has 0 spiro atoms. The molecule has 2 N–H and O–H groups in total. The van der Waals surface area contributed by atoms with Gasteiger partial charge in [-0.25, -0.2) is 13.6 Å². The first-order valence-electron chi connectivity index (χ1n) is 13.9. The second-order valence-corrected chi connectivity index (χ2v) is 10.2. The molecule has 4 aromatic rings. The molecule has 0 saturated heterocycles. The van der Waals surface area contributed by atoms with Gasteiger partial charge in [-0.1, -0.05) is 48.5 Å². The Morgan fingerprint density at radius 3 is 2.28 bits per heavy atom. The summed E-state index contributed by atoms with van der Waals surface area (Å²) in [4.78, 5) is 39.0. The predicted molar refractivity (Wildman–Crippen MR) is 163 cm³/mol. The number of aliphatic carboxylic acids is 1. The van der Waals surface area contributed by atoms with Crippen LogP contribution in [0, 0.1) is 18.6 Å². The average molecular weight is 656 g/mol. The number of alkyl halides is 3. The molecule has 4 rings (SSSR count). The van der Waals surface area contributed by atoms with Crippen LogP contribution in [0.15, 0.2) is 76.3 Å². The van der Waals surface area contributed by atoms with Gasteiger partial charge in [-0.2, -0.15) is 13.2 Å². The fourth-order valence-electron chi connectivity index (χ4n) is 5.13. The van der Waals surface area contributed by atoms with Gasteiger partial charge in [-0.05, 0) is 43.7 Å². The third-order valence-electron chi connectivity index (χ3n) is 7.41. The Kier molecular flexibility index (Phi) is 12.5. The first-order chi connectivity index (χ1) is 21.3. The number of benzene rings is 3. The van der Waals surface area contributed by atoms with Gasteiger partial charge in [0.15, 0.2) is 11.6 Å². The number of hydrogen-bond acceptors (Lipinski definition) is 5. The van der Waals surface area contributed by atoms with Crippen molar-refractivity contribution in [2.24, 2.45) is 0 Å². The van der Waals surface area contributed by atoms with Gasteiger partial charge < -0.3 is 15.2 Å². The Balaban J connectivity index is 0.00000576. The number of carbonyl (C=O) groups is 1. The zero-order chi connectivity index (χ0) is 32.9. The Morgan fingerprint density at radius 1 is 0.978 bits per heavy atom. The van der Waals surface area contributed by atoms with Crippen LogP contribution in [0.3, 0.4) is 0 Å². The molecule has 0 aliphatic carbocycles. The zero-order valence-corrected chi connectivity index (χ0v) is 24.3. The normalized spacial score (nSPS) is 12.0. The van der Waals surface area contributed by atoms with Gasteiger partial charge in [-0.15, -0.1) is 0 Å². The van der Waals surface area contributed by atoms with Gasteiger partial charge in [0.25, 0.3) is 5.56 Å². The van der Waals surface area contributed by atoms with E-state index in [4.69, 9.17) is 9.84 Å². The van der Waals surface area contributed by atoms with Gasteiger partial charge in [0.1, 0.15) is 5.82 Å². The van der Waals surface area contributed by atoms with E-state index in [1.807, 2.05) is 0 Å². The number of ether oxygens (including phenoxy) is 1. The van der Waals surface area contributed by atoms with Crippen molar-refractivity contribution in [1.82, 2.24) is 14.5 Å². The van der Waals surface area contributed by atoms with E-state index >= 15 is 4.39 Å². The van der Waals surface area contributed by atoms with E-state index in [2.05, 4.69) is 5.32 Å². The predicted octanol–water partition coefficient (Wildman–Crippen LogP) is 4.89. The standard InChI is InChI=1S/C32H30F5N3O5.Na.H/c1-19-28(21-11-6-14-26(45-2)29(21)34)30(43)40(18-25(20-9-4-3-5-10-20)38-16-8-15-27(41)42)31(44)39(19)17-22-23(32(35,36)37)12-7-13-24(22)33;;/h3-7,9-14,25,38H,8,15-18H2,1-2H3,(H,41,42);;/t25-;;/m0../s1. The summed E-state index contributed by atoms with van der Waals surface area (Å²) in [5, 5.41) is 12.1. The monoisotopic (exact) mass is 655 g/mol. The molecular formula is C32H31F5N3NaO5. The van der Waals surface area contributed by atoms with Crippen LogP contribution in [0.1, 0.15) is 41.3 Å². The number of rotatable bonds is 12. The Labute approximate surface area is 282 Å². The average Bonchev–Trinajstić information content (AvgIpc) is 2.99. The molecule has 0 aliphatic rings. The molecule has 1 atom stereocenters. The summed E-state index contributed by atoms with van der Waals surface area (Å²) in [6.07, 6.45) is -4.88. The summed E-state index contributed by atoms with van der Waals surface area (Å²) in [6.45, 7) is 0.181. The molecule has 46 heavy (non-hydrogen) atoms. The first-order valence-corrected chi connectivity index (χ1v) is 13.9. The van der Waals surface area contributed by atoms with Crippen LogP contribution in [0.4, 0.5) is 22.0 Å². The molecule has 0 aliphatic heterocycles. The minimum atomic E-state index is -4.95. The Hall–Kier alpha value is -3.78. The number of carboxylic acid groups (broad SMARTS) is 1. The number of nitrogens with one attached hydrogen (secondary N) is 1. The molecular weight excluding hydrogens is 624 g/mol. The van der Waals surface area contributed by atoms with Crippen LogP contribution in [0.2, 0.25) is 0 Å². The van der Waals surface area contributed by atoms with Crippen molar-refractivity contribution >= 4 is 35.5 Å². The van der Waals surface area contributed by atoms with Crippen molar-refractivity contribution in [3.8, 4) is 16.9 Å². The van der Waals surface area contributed by atoms with Crippen LogP contribution >= 0.6 is 0 Å². The fourth-order valence-corrected chi connectivity index (χ4v) is 5.13. The van der Waals surface area contributed by atoms with Gasteiger partial charge >= 0.3 is 47.4 Å². The Bertz CT molecular complexity index is 1810. The maximum atomic E-state index is 15.6. The second-order valence-electron chi connectivity index (χ2n) is 10.2. The van der Waals surface area contributed by atoms with E-state index < -0.39 is 58.7 Å². The van der Waals surface area contributed by atoms with Crippen molar-refractivity contribution in [1.29, 1.82) is 0 Å². The van der Waals surface area contributed by atoms with E-state index in [0.717, 1.165) is 21.3 Å². The number of carboxylic acids is 1. The molecule has 1 heterocycles. The van der Waals surface area contributed by atoms with Crippen molar-refractivity contribution in [3.63, 3.8) is 0 Å². The number of halogens is 5. The van der Waals surface area contributed by atoms with Crippen molar-refractivity contribution in [2.75, 3.05) is 13.7 Å². The molecule has 0 radical (unpaired) electrons. The molecule has 0 unspecified atom stereocenters.